The van der Waals surface area contributed by atoms with E-state index in [9.17, 15) is 9.90 Å². The SMILES string of the molecule is O=C(NC1CCCCC1)N1CCN(C[C@H](O)Cn2c3ccccc3c3ccccc32)CC1. The van der Waals surface area contributed by atoms with Crippen molar-refractivity contribution in [1.29, 1.82) is 0 Å². The topological polar surface area (TPSA) is 60.7 Å². The average molecular weight is 435 g/mol. The van der Waals surface area contributed by atoms with Gasteiger partial charge in [-0.1, -0.05) is 55.7 Å². The van der Waals surface area contributed by atoms with E-state index < -0.39 is 6.10 Å². The van der Waals surface area contributed by atoms with Crippen LogP contribution in [0, 0.1) is 0 Å². The Morgan fingerprint density at radius 3 is 2.09 bits per heavy atom. The minimum atomic E-state index is -0.461. The highest BCUT2D eigenvalue weighted by atomic mass is 16.3. The van der Waals surface area contributed by atoms with Crippen molar-refractivity contribution in [1.82, 2.24) is 19.7 Å². The molecule has 0 radical (unpaired) electrons. The second-order valence-electron chi connectivity index (χ2n) is 9.37. The van der Waals surface area contributed by atoms with Crippen molar-refractivity contribution in [2.45, 2.75) is 50.8 Å². The summed E-state index contributed by atoms with van der Waals surface area (Å²) in [7, 11) is 0. The first kappa shape index (κ1) is 21.3. The number of amides is 2. The predicted molar refractivity (Wildman–Crippen MR) is 129 cm³/mol. The number of rotatable bonds is 5. The Morgan fingerprint density at radius 2 is 1.47 bits per heavy atom. The van der Waals surface area contributed by atoms with Gasteiger partial charge in [0.05, 0.1) is 12.6 Å². The van der Waals surface area contributed by atoms with Crippen LogP contribution in [0.2, 0.25) is 0 Å². The van der Waals surface area contributed by atoms with E-state index in [1.54, 1.807) is 0 Å². The van der Waals surface area contributed by atoms with Gasteiger partial charge in [0.25, 0.3) is 0 Å². The van der Waals surface area contributed by atoms with Crippen LogP contribution in [0.3, 0.4) is 0 Å². The van der Waals surface area contributed by atoms with Gasteiger partial charge in [-0.25, -0.2) is 4.79 Å². The standard InChI is InChI=1S/C26H34N4O2/c31-21(19-30-24-12-6-4-10-22(24)23-11-5-7-13-25(23)30)18-28-14-16-29(17-15-28)26(32)27-20-8-2-1-3-9-20/h4-7,10-13,20-21,31H,1-3,8-9,14-19H2,(H,27,32)/t21-/m0/s1. The molecule has 2 amide bonds. The number of para-hydroxylation sites is 2. The Balaban J connectivity index is 1.17. The molecule has 5 rings (SSSR count). The number of piperazine rings is 1. The zero-order valence-corrected chi connectivity index (χ0v) is 18.7. The maximum absolute atomic E-state index is 12.6. The zero-order chi connectivity index (χ0) is 21.9. The minimum Gasteiger partial charge on any atom is -0.390 e. The van der Waals surface area contributed by atoms with E-state index in [-0.39, 0.29) is 6.03 Å². The molecular formula is C26H34N4O2. The van der Waals surface area contributed by atoms with Crippen LogP contribution >= 0.6 is 0 Å². The first-order valence-corrected chi connectivity index (χ1v) is 12.1. The molecule has 2 aliphatic rings. The molecule has 2 aromatic carbocycles. The van der Waals surface area contributed by atoms with E-state index in [1.807, 2.05) is 4.90 Å². The van der Waals surface area contributed by atoms with Crippen molar-refractivity contribution in [2.24, 2.45) is 0 Å². The van der Waals surface area contributed by atoms with E-state index in [1.165, 1.54) is 30.0 Å². The normalized spacial score (nSPS) is 19.5. The van der Waals surface area contributed by atoms with E-state index >= 15 is 0 Å². The molecule has 1 aliphatic heterocycles. The number of hydrogen-bond donors (Lipinski definition) is 2. The van der Waals surface area contributed by atoms with E-state index in [0.717, 1.165) is 50.1 Å². The van der Waals surface area contributed by atoms with Gasteiger partial charge in [-0.15, -0.1) is 0 Å². The Labute approximate surface area is 189 Å². The molecule has 3 aromatic rings. The van der Waals surface area contributed by atoms with E-state index in [4.69, 9.17) is 0 Å². The van der Waals surface area contributed by atoms with Crippen molar-refractivity contribution < 1.29 is 9.90 Å². The van der Waals surface area contributed by atoms with Gasteiger partial charge in [0.15, 0.2) is 0 Å². The second kappa shape index (κ2) is 9.51. The van der Waals surface area contributed by atoms with Gasteiger partial charge in [0, 0.05) is 60.6 Å². The summed E-state index contributed by atoms with van der Waals surface area (Å²) >= 11 is 0. The fourth-order valence-corrected chi connectivity index (χ4v) is 5.41. The van der Waals surface area contributed by atoms with Crippen LogP contribution in [0.5, 0.6) is 0 Å². The predicted octanol–water partition coefficient (Wildman–Crippen LogP) is 3.82. The molecule has 1 atom stereocenters. The smallest absolute Gasteiger partial charge is 0.317 e. The lowest BCUT2D eigenvalue weighted by molar-refractivity contribution is 0.0725. The molecule has 0 bridgehead atoms. The first-order chi connectivity index (χ1) is 15.7. The highest BCUT2D eigenvalue weighted by molar-refractivity contribution is 6.07. The van der Waals surface area contributed by atoms with Gasteiger partial charge in [0.2, 0.25) is 0 Å². The van der Waals surface area contributed by atoms with Crippen molar-refractivity contribution in [3.8, 4) is 0 Å². The Morgan fingerprint density at radius 1 is 0.875 bits per heavy atom. The molecule has 0 spiro atoms. The van der Waals surface area contributed by atoms with Crippen LogP contribution in [0.15, 0.2) is 48.5 Å². The number of carbonyl (C=O) groups excluding carboxylic acids is 1. The Hall–Kier alpha value is -2.57. The average Bonchev–Trinajstić information content (AvgIpc) is 3.14. The van der Waals surface area contributed by atoms with Crippen LogP contribution in [0.4, 0.5) is 4.79 Å². The number of nitrogens with one attached hydrogen (secondary N) is 1. The largest absolute Gasteiger partial charge is 0.390 e. The van der Waals surface area contributed by atoms with Crippen molar-refractivity contribution in [3.05, 3.63) is 48.5 Å². The summed E-state index contributed by atoms with van der Waals surface area (Å²) in [4.78, 5) is 16.8. The molecule has 1 aliphatic carbocycles. The Kier molecular flexibility index (Phi) is 6.32. The minimum absolute atomic E-state index is 0.0855. The quantitative estimate of drug-likeness (QED) is 0.642. The van der Waals surface area contributed by atoms with Crippen LogP contribution < -0.4 is 5.32 Å². The van der Waals surface area contributed by atoms with Crippen molar-refractivity contribution >= 4 is 27.8 Å². The molecule has 1 saturated heterocycles. The third-order valence-electron chi connectivity index (χ3n) is 7.13. The summed E-state index contributed by atoms with van der Waals surface area (Å²) < 4.78 is 2.24. The highest BCUT2D eigenvalue weighted by Crippen LogP contribution is 2.29. The Bertz CT molecular complexity index is 1010. The van der Waals surface area contributed by atoms with Crippen molar-refractivity contribution in [2.75, 3.05) is 32.7 Å². The maximum atomic E-state index is 12.6. The number of nitrogens with zero attached hydrogens (tertiary/aromatic N) is 3. The highest BCUT2D eigenvalue weighted by Gasteiger charge is 2.25. The second-order valence-corrected chi connectivity index (χ2v) is 9.37. The molecule has 2 fully saturated rings. The molecule has 1 aromatic heterocycles. The lowest BCUT2D eigenvalue weighted by Gasteiger charge is -2.36. The fourth-order valence-electron chi connectivity index (χ4n) is 5.41. The number of fused-ring (bicyclic) bond motifs is 3. The molecule has 6 nitrogen and oxygen atoms in total. The van der Waals surface area contributed by atoms with E-state index in [0.29, 0.717) is 19.1 Å². The first-order valence-electron chi connectivity index (χ1n) is 12.1. The molecule has 1 saturated carbocycles. The number of benzene rings is 2. The van der Waals surface area contributed by atoms with Gasteiger partial charge in [-0.2, -0.15) is 0 Å². The fraction of sp³-hybridized carbons (Fsp3) is 0.500. The molecule has 2 N–H and O–H groups in total. The third-order valence-corrected chi connectivity index (χ3v) is 7.13. The number of aromatic nitrogens is 1. The summed E-state index contributed by atoms with van der Waals surface area (Å²) in [5.74, 6) is 0. The van der Waals surface area contributed by atoms with Crippen LogP contribution in [0.25, 0.3) is 21.8 Å². The van der Waals surface area contributed by atoms with Crippen LogP contribution in [0.1, 0.15) is 32.1 Å². The van der Waals surface area contributed by atoms with Gasteiger partial charge < -0.3 is 19.9 Å². The molecular weight excluding hydrogens is 400 g/mol. The van der Waals surface area contributed by atoms with Gasteiger partial charge in [0.1, 0.15) is 0 Å². The number of aliphatic hydroxyl groups excluding tert-OH is 1. The van der Waals surface area contributed by atoms with Crippen LogP contribution in [-0.2, 0) is 6.54 Å². The number of urea groups is 1. The summed E-state index contributed by atoms with van der Waals surface area (Å²) in [6, 6.07) is 17.3. The number of β-amino-alcohol motifs (C(OH)–C–C–N with tert-alkyl or cyclic N) is 1. The number of hydrogen-bond acceptors (Lipinski definition) is 3. The molecule has 32 heavy (non-hydrogen) atoms. The van der Waals surface area contributed by atoms with Crippen LogP contribution in [-0.4, -0.2) is 70.4 Å². The number of aliphatic hydroxyl groups is 1. The number of carbonyl (C=O) groups is 1. The lowest BCUT2D eigenvalue weighted by atomic mass is 9.96. The summed E-state index contributed by atoms with van der Waals surface area (Å²) in [5.41, 5.74) is 2.33. The van der Waals surface area contributed by atoms with Crippen molar-refractivity contribution in [3.63, 3.8) is 0 Å². The monoisotopic (exact) mass is 434 g/mol. The molecule has 0 unspecified atom stereocenters. The third kappa shape index (κ3) is 4.48. The zero-order valence-electron chi connectivity index (χ0n) is 18.7. The molecule has 6 heteroatoms. The van der Waals surface area contributed by atoms with E-state index in [2.05, 4.69) is 63.3 Å². The van der Waals surface area contributed by atoms with Gasteiger partial charge in [-0.05, 0) is 25.0 Å². The molecule has 170 valence electrons. The van der Waals surface area contributed by atoms with Gasteiger partial charge >= 0.3 is 6.03 Å². The summed E-state index contributed by atoms with van der Waals surface area (Å²) in [5, 5.41) is 16.6. The molecule has 2 heterocycles. The summed E-state index contributed by atoms with van der Waals surface area (Å²) in [6.07, 6.45) is 5.51. The van der Waals surface area contributed by atoms with Gasteiger partial charge in [-0.3, -0.25) is 4.90 Å². The maximum Gasteiger partial charge on any atom is 0.317 e. The summed E-state index contributed by atoms with van der Waals surface area (Å²) in [6.45, 7) is 4.25. The lowest BCUT2D eigenvalue weighted by Crippen LogP contribution is -2.54.